The second-order valence-corrected chi connectivity index (χ2v) is 5.86. The largest absolute Gasteiger partial charge is 0.451 e. The smallest absolute Gasteiger partial charge is 0.287 e. The molecule has 1 aromatic carbocycles. The number of aryl methyl sites for hydroxylation is 1. The maximum Gasteiger partial charge on any atom is 0.287 e. The van der Waals surface area contributed by atoms with Gasteiger partial charge in [-0.15, -0.1) is 0 Å². The maximum atomic E-state index is 13.8. The molecule has 2 heterocycles. The second kappa shape index (κ2) is 5.92. The van der Waals surface area contributed by atoms with Crippen LogP contribution in [0.3, 0.4) is 0 Å². The predicted molar refractivity (Wildman–Crippen MR) is 83.6 cm³/mol. The Morgan fingerprint density at radius 2 is 1.96 bits per heavy atom. The quantitative estimate of drug-likeness (QED) is 0.793. The van der Waals surface area contributed by atoms with Crippen LogP contribution in [0.2, 0.25) is 0 Å². The summed E-state index contributed by atoms with van der Waals surface area (Å²) in [7, 11) is 0. The predicted octanol–water partition coefficient (Wildman–Crippen LogP) is 3.44. The molecular formula is C17H16FN3O3. The Bertz CT molecular complexity index is 883. The van der Waals surface area contributed by atoms with E-state index in [2.05, 4.69) is 15.5 Å². The minimum Gasteiger partial charge on any atom is -0.451 e. The average molecular weight is 329 g/mol. The molecule has 124 valence electrons. The Hall–Kier alpha value is -2.96. The number of amides is 1. The number of carbonyl (C=O) groups excluding carboxylic acids is 1. The average Bonchev–Trinajstić information content (AvgIpc) is 3.16. The summed E-state index contributed by atoms with van der Waals surface area (Å²) in [6.45, 7) is 5.16. The van der Waals surface area contributed by atoms with Crippen molar-refractivity contribution in [2.24, 2.45) is 0 Å². The van der Waals surface area contributed by atoms with E-state index < -0.39 is 17.3 Å². The minimum absolute atomic E-state index is 0.0709. The van der Waals surface area contributed by atoms with Crippen LogP contribution in [-0.2, 0) is 5.54 Å². The Morgan fingerprint density at radius 3 is 2.62 bits per heavy atom. The minimum atomic E-state index is -0.847. The molecule has 1 amide bonds. The molecule has 0 fully saturated rings. The molecule has 3 rings (SSSR count). The first-order valence-corrected chi connectivity index (χ1v) is 7.35. The number of hydrogen-bond donors (Lipinski definition) is 1. The van der Waals surface area contributed by atoms with Crippen LogP contribution in [0.25, 0.3) is 11.3 Å². The summed E-state index contributed by atoms with van der Waals surface area (Å²) in [5.41, 5.74) is -0.551. The molecule has 3 aromatic rings. The summed E-state index contributed by atoms with van der Waals surface area (Å²) in [4.78, 5) is 16.5. The molecule has 6 nitrogen and oxygen atoms in total. The standard InChI is InChI=1S/C17H16FN3O3/c1-10-19-16(21-24-10)17(2,3)20-15(22)14-9-8-13(23-14)11-6-4-5-7-12(11)18/h4-9H,1-3H3,(H,20,22). The summed E-state index contributed by atoms with van der Waals surface area (Å²) in [5, 5.41) is 6.59. The van der Waals surface area contributed by atoms with Crippen LogP contribution < -0.4 is 5.32 Å². The van der Waals surface area contributed by atoms with E-state index in [1.54, 1.807) is 45.0 Å². The molecule has 0 aliphatic carbocycles. The number of nitrogens with zero attached hydrogens (tertiary/aromatic N) is 2. The van der Waals surface area contributed by atoms with Gasteiger partial charge in [0.15, 0.2) is 11.6 Å². The maximum absolute atomic E-state index is 13.8. The van der Waals surface area contributed by atoms with Gasteiger partial charge in [-0.3, -0.25) is 4.79 Å². The van der Waals surface area contributed by atoms with E-state index in [1.165, 1.54) is 12.1 Å². The zero-order chi connectivity index (χ0) is 17.3. The Labute approximate surface area is 137 Å². The van der Waals surface area contributed by atoms with Gasteiger partial charge in [0.05, 0.1) is 11.1 Å². The van der Waals surface area contributed by atoms with Crippen LogP contribution >= 0.6 is 0 Å². The van der Waals surface area contributed by atoms with Gasteiger partial charge in [0.2, 0.25) is 5.89 Å². The lowest BCUT2D eigenvalue weighted by Gasteiger charge is -2.21. The molecule has 0 saturated heterocycles. The third kappa shape index (κ3) is 3.05. The molecule has 0 atom stereocenters. The van der Waals surface area contributed by atoms with Gasteiger partial charge < -0.3 is 14.3 Å². The van der Waals surface area contributed by atoms with Gasteiger partial charge in [0.25, 0.3) is 5.91 Å². The van der Waals surface area contributed by atoms with Crippen molar-refractivity contribution in [3.8, 4) is 11.3 Å². The van der Waals surface area contributed by atoms with E-state index >= 15 is 0 Å². The highest BCUT2D eigenvalue weighted by Gasteiger charge is 2.29. The number of nitrogens with one attached hydrogen (secondary N) is 1. The van der Waals surface area contributed by atoms with Gasteiger partial charge in [-0.25, -0.2) is 4.39 Å². The Balaban J connectivity index is 1.80. The van der Waals surface area contributed by atoms with Gasteiger partial charge in [-0.05, 0) is 38.1 Å². The Kier molecular flexibility index (Phi) is 3.92. The monoisotopic (exact) mass is 329 g/mol. The zero-order valence-corrected chi connectivity index (χ0v) is 13.5. The van der Waals surface area contributed by atoms with Crippen LogP contribution in [0.4, 0.5) is 4.39 Å². The number of aromatic nitrogens is 2. The van der Waals surface area contributed by atoms with Gasteiger partial charge in [-0.1, -0.05) is 17.3 Å². The molecule has 0 bridgehead atoms. The molecule has 1 N–H and O–H groups in total. The molecule has 0 saturated carbocycles. The number of carbonyl (C=O) groups is 1. The van der Waals surface area contributed by atoms with E-state index in [-0.39, 0.29) is 11.5 Å². The highest BCUT2D eigenvalue weighted by Crippen LogP contribution is 2.25. The fourth-order valence-corrected chi connectivity index (χ4v) is 2.22. The van der Waals surface area contributed by atoms with Crippen molar-refractivity contribution in [3.05, 3.63) is 59.7 Å². The molecule has 0 spiro atoms. The van der Waals surface area contributed by atoms with Gasteiger partial charge in [-0.2, -0.15) is 4.98 Å². The highest BCUT2D eigenvalue weighted by atomic mass is 19.1. The summed E-state index contributed by atoms with van der Waals surface area (Å²) < 4.78 is 24.2. The normalized spacial score (nSPS) is 11.5. The van der Waals surface area contributed by atoms with Gasteiger partial charge in [0, 0.05) is 6.92 Å². The van der Waals surface area contributed by atoms with Crippen molar-refractivity contribution in [2.45, 2.75) is 26.3 Å². The van der Waals surface area contributed by atoms with E-state index in [0.717, 1.165) is 0 Å². The van der Waals surface area contributed by atoms with Crippen LogP contribution in [0, 0.1) is 12.7 Å². The van der Waals surface area contributed by atoms with Crippen molar-refractivity contribution in [1.82, 2.24) is 15.5 Å². The number of furan rings is 1. The summed E-state index contributed by atoms with van der Waals surface area (Å²) >= 11 is 0. The zero-order valence-electron chi connectivity index (χ0n) is 13.5. The lowest BCUT2D eigenvalue weighted by atomic mass is 10.0. The molecule has 7 heteroatoms. The van der Waals surface area contributed by atoms with Crippen molar-refractivity contribution < 1.29 is 18.1 Å². The summed E-state index contributed by atoms with van der Waals surface area (Å²) in [5.74, 6) is 0.251. The van der Waals surface area contributed by atoms with E-state index in [0.29, 0.717) is 17.3 Å². The van der Waals surface area contributed by atoms with E-state index in [9.17, 15) is 9.18 Å². The van der Waals surface area contributed by atoms with E-state index in [1.807, 2.05) is 0 Å². The lowest BCUT2D eigenvalue weighted by Crippen LogP contribution is -2.41. The van der Waals surface area contributed by atoms with Crippen molar-refractivity contribution in [2.75, 3.05) is 0 Å². The number of benzene rings is 1. The topological polar surface area (TPSA) is 81.2 Å². The molecule has 0 unspecified atom stereocenters. The molecule has 0 aliphatic rings. The fourth-order valence-electron chi connectivity index (χ4n) is 2.22. The highest BCUT2D eigenvalue weighted by molar-refractivity contribution is 5.92. The van der Waals surface area contributed by atoms with Crippen molar-refractivity contribution >= 4 is 5.91 Å². The van der Waals surface area contributed by atoms with Crippen molar-refractivity contribution in [1.29, 1.82) is 0 Å². The number of halogens is 1. The van der Waals surface area contributed by atoms with Crippen LogP contribution in [0.5, 0.6) is 0 Å². The van der Waals surface area contributed by atoms with Crippen LogP contribution in [-0.4, -0.2) is 16.0 Å². The number of rotatable bonds is 4. The van der Waals surface area contributed by atoms with Gasteiger partial charge in [0.1, 0.15) is 11.6 Å². The Morgan fingerprint density at radius 1 is 1.21 bits per heavy atom. The van der Waals surface area contributed by atoms with E-state index in [4.69, 9.17) is 8.94 Å². The first-order valence-electron chi connectivity index (χ1n) is 7.35. The second-order valence-electron chi connectivity index (χ2n) is 5.86. The molecular weight excluding hydrogens is 313 g/mol. The number of hydrogen-bond acceptors (Lipinski definition) is 5. The first-order chi connectivity index (χ1) is 11.4. The SMILES string of the molecule is Cc1nc(C(C)(C)NC(=O)c2ccc(-c3ccccc3F)o2)no1. The van der Waals surface area contributed by atoms with Crippen molar-refractivity contribution in [3.63, 3.8) is 0 Å². The molecule has 0 aliphatic heterocycles. The fraction of sp³-hybridized carbons (Fsp3) is 0.235. The molecule has 2 aromatic heterocycles. The van der Waals surface area contributed by atoms with Crippen LogP contribution in [0.1, 0.15) is 36.1 Å². The van der Waals surface area contributed by atoms with Crippen LogP contribution in [0.15, 0.2) is 45.3 Å². The van der Waals surface area contributed by atoms with Gasteiger partial charge >= 0.3 is 0 Å². The molecule has 0 radical (unpaired) electrons. The third-order valence-electron chi connectivity index (χ3n) is 3.48. The summed E-state index contributed by atoms with van der Waals surface area (Å²) in [6.07, 6.45) is 0. The molecule has 24 heavy (non-hydrogen) atoms. The summed E-state index contributed by atoms with van der Waals surface area (Å²) in [6, 6.07) is 9.25. The first kappa shape index (κ1) is 15.9. The lowest BCUT2D eigenvalue weighted by molar-refractivity contribution is 0.0879. The third-order valence-corrected chi connectivity index (χ3v) is 3.48.